The first kappa shape index (κ1) is 25.9. The molecule has 8 nitrogen and oxygen atoms in total. The number of carbonyl (C=O) groups is 3. The summed E-state index contributed by atoms with van der Waals surface area (Å²) in [6, 6.07) is 10.7. The van der Waals surface area contributed by atoms with Crippen molar-refractivity contribution in [2.24, 2.45) is 0 Å². The van der Waals surface area contributed by atoms with Crippen molar-refractivity contribution in [3.8, 4) is 0 Å². The molecule has 2 aromatic carbocycles. The molecule has 1 fully saturated rings. The zero-order valence-corrected chi connectivity index (χ0v) is 19.7. The Kier molecular flexibility index (Phi) is 7.00. The number of nitrogens with zero attached hydrogens (tertiary/aromatic N) is 1. The summed E-state index contributed by atoms with van der Waals surface area (Å²) in [4.78, 5) is 39.1. The number of hydrogen-bond acceptors (Lipinski definition) is 5. The van der Waals surface area contributed by atoms with Gasteiger partial charge in [-0.05, 0) is 70.0 Å². The van der Waals surface area contributed by atoms with Crippen LogP contribution < -0.4 is 16.2 Å². The van der Waals surface area contributed by atoms with Gasteiger partial charge in [0.05, 0.1) is 16.8 Å². The van der Waals surface area contributed by atoms with Crippen LogP contribution in [0.5, 0.6) is 0 Å². The number of likely N-dealkylation sites (N-methyl/N-ethyl adjacent to an activating group) is 1. The first-order valence-corrected chi connectivity index (χ1v) is 10.8. The Morgan fingerprint density at radius 2 is 1.54 bits per heavy atom. The number of alkyl halides is 3. The van der Waals surface area contributed by atoms with E-state index in [1.165, 1.54) is 30.1 Å². The summed E-state index contributed by atoms with van der Waals surface area (Å²) in [5, 5.41) is 2.91. The summed E-state index contributed by atoms with van der Waals surface area (Å²) in [5.74, 6) is -1.21. The summed E-state index contributed by atoms with van der Waals surface area (Å²) < 4.78 is 43.7. The third-order valence-electron chi connectivity index (χ3n) is 5.41. The molecule has 2 aromatic rings. The van der Waals surface area contributed by atoms with Gasteiger partial charge in [-0.3, -0.25) is 25.3 Å². The standard InChI is InChI=1S/C24H27F3N4O4/c1-22(2,3)35-21(34)31(4)23(13-14-23)20(33)30-29-19(32)17-7-5-6-8-18(17)28-16-11-9-15(10-12-16)24(25,26)27/h5-12,28H,13-14H2,1-4H3,(H,29,32)(H,30,33). The van der Waals surface area contributed by atoms with Gasteiger partial charge < -0.3 is 10.1 Å². The van der Waals surface area contributed by atoms with E-state index in [2.05, 4.69) is 16.2 Å². The Bertz CT molecular complexity index is 1110. The highest BCUT2D eigenvalue weighted by Gasteiger charge is 2.56. The molecule has 188 valence electrons. The number of halogens is 3. The van der Waals surface area contributed by atoms with E-state index in [9.17, 15) is 27.6 Å². The number of ether oxygens (including phenoxy) is 1. The summed E-state index contributed by atoms with van der Waals surface area (Å²) in [6.45, 7) is 5.15. The summed E-state index contributed by atoms with van der Waals surface area (Å²) in [7, 11) is 1.46. The fraction of sp³-hybridized carbons (Fsp3) is 0.375. The van der Waals surface area contributed by atoms with Crippen molar-refractivity contribution in [2.45, 2.75) is 50.9 Å². The molecule has 0 heterocycles. The van der Waals surface area contributed by atoms with Crippen LogP contribution in [-0.4, -0.2) is 41.0 Å². The maximum atomic E-state index is 12.8. The Morgan fingerprint density at radius 3 is 2.09 bits per heavy atom. The molecular weight excluding hydrogens is 465 g/mol. The number of nitrogens with one attached hydrogen (secondary N) is 3. The van der Waals surface area contributed by atoms with E-state index in [4.69, 9.17) is 4.74 Å². The van der Waals surface area contributed by atoms with Gasteiger partial charge in [0.2, 0.25) is 0 Å². The molecule has 0 atom stereocenters. The van der Waals surface area contributed by atoms with Crippen molar-refractivity contribution in [2.75, 3.05) is 12.4 Å². The number of carbonyl (C=O) groups excluding carboxylic acids is 3. The van der Waals surface area contributed by atoms with Crippen molar-refractivity contribution in [3.05, 3.63) is 59.7 Å². The maximum absolute atomic E-state index is 12.8. The summed E-state index contributed by atoms with van der Waals surface area (Å²) >= 11 is 0. The van der Waals surface area contributed by atoms with E-state index >= 15 is 0 Å². The van der Waals surface area contributed by atoms with Crippen LogP contribution in [0.2, 0.25) is 0 Å². The van der Waals surface area contributed by atoms with Gasteiger partial charge in [-0.15, -0.1) is 0 Å². The highest BCUT2D eigenvalue weighted by Crippen LogP contribution is 2.41. The van der Waals surface area contributed by atoms with Gasteiger partial charge >= 0.3 is 12.3 Å². The molecule has 0 radical (unpaired) electrons. The van der Waals surface area contributed by atoms with Gasteiger partial charge in [0, 0.05) is 12.7 Å². The summed E-state index contributed by atoms with van der Waals surface area (Å²) in [5.41, 5.74) is 2.88. The zero-order valence-electron chi connectivity index (χ0n) is 19.7. The van der Waals surface area contributed by atoms with Crippen molar-refractivity contribution >= 4 is 29.3 Å². The number of hydrazine groups is 1. The first-order chi connectivity index (χ1) is 16.2. The molecule has 1 aliphatic carbocycles. The molecule has 0 aliphatic heterocycles. The second-order valence-corrected chi connectivity index (χ2v) is 9.22. The highest BCUT2D eigenvalue weighted by atomic mass is 19.4. The fourth-order valence-corrected chi connectivity index (χ4v) is 3.32. The van der Waals surface area contributed by atoms with Gasteiger partial charge in [0.1, 0.15) is 11.1 Å². The normalized spacial score (nSPS) is 14.5. The number of hydrogen-bond donors (Lipinski definition) is 3. The molecule has 11 heteroatoms. The molecular formula is C24H27F3N4O4. The maximum Gasteiger partial charge on any atom is 0.416 e. The van der Waals surface area contributed by atoms with Crippen LogP contribution in [0.4, 0.5) is 29.3 Å². The molecule has 1 aliphatic rings. The molecule has 0 bridgehead atoms. The Labute approximate surface area is 200 Å². The highest BCUT2D eigenvalue weighted by molar-refractivity contribution is 6.02. The van der Waals surface area contributed by atoms with Gasteiger partial charge in [-0.25, -0.2) is 4.79 Å². The van der Waals surface area contributed by atoms with E-state index in [1.807, 2.05) is 0 Å². The minimum absolute atomic E-state index is 0.151. The van der Waals surface area contributed by atoms with Crippen molar-refractivity contribution in [3.63, 3.8) is 0 Å². The molecule has 0 unspecified atom stereocenters. The van der Waals surface area contributed by atoms with Crippen LogP contribution in [0.1, 0.15) is 49.5 Å². The van der Waals surface area contributed by atoms with E-state index < -0.39 is 40.8 Å². The minimum atomic E-state index is -4.45. The predicted octanol–water partition coefficient (Wildman–Crippen LogP) is 4.61. The smallest absolute Gasteiger partial charge is 0.416 e. The first-order valence-electron chi connectivity index (χ1n) is 10.8. The molecule has 1 saturated carbocycles. The van der Waals surface area contributed by atoms with E-state index in [0.29, 0.717) is 24.2 Å². The molecule has 35 heavy (non-hydrogen) atoms. The largest absolute Gasteiger partial charge is 0.444 e. The van der Waals surface area contributed by atoms with Crippen LogP contribution in [0, 0.1) is 0 Å². The molecule has 0 aromatic heterocycles. The van der Waals surface area contributed by atoms with Crippen LogP contribution in [0.15, 0.2) is 48.5 Å². The molecule has 3 amide bonds. The fourth-order valence-electron chi connectivity index (χ4n) is 3.32. The third-order valence-corrected chi connectivity index (χ3v) is 5.41. The van der Waals surface area contributed by atoms with Gasteiger partial charge in [0.15, 0.2) is 0 Å². The molecule has 3 N–H and O–H groups in total. The van der Waals surface area contributed by atoms with Crippen molar-refractivity contribution in [1.82, 2.24) is 15.8 Å². The lowest BCUT2D eigenvalue weighted by atomic mass is 10.1. The molecule has 0 saturated heterocycles. The average molecular weight is 492 g/mol. The quantitative estimate of drug-likeness (QED) is 0.530. The second-order valence-electron chi connectivity index (χ2n) is 9.22. The number of benzene rings is 2. The lowest BCUT2D eigenvalue weighted by Gasteiger charge is -2.30. The van der Waals surface area contributed by atoms with Gasteiger partial charge in [-0.1, -0.05) is 12.1 Å². The second kappa shape index (κ2) is 9.47. The minimum Gasteiger partial charge on any atom is -0.444 e. The molecule has 0 spiro atoms. The van der Waals surface area contributed by atoms with E-state index in [-0.39, 0.29) is 5.56 Å². The summed E-state index contributed by atoms with van der Waals surface area (Å²) in [6.07, 6.45) is -4.28. The number of rotatable bonds is 5. The van der Waals surface area contributed by atoms with Crippen LogP contribution in [-0.2, 0) is 15.7 Å². The van der Waals surface area contributed by atoms with Crippen LogP contribution in [0.3, 0.4) is 0 Å². The molecule has 3 rings (SSSR count). The monoisotopic (exact) mass is 492 g/mol. The van der Waals surface area contributed by atoms with E-state index in [1.54, 1.807) is 39.0 Å². The van der Waals surface area contributed by atoms with Crippen molar-refractivity contribution in [1.29, 1.82) is 0 Å². The lowest BCUT2D eigenvalue weighted by molar-refractivity contribution is -0.137. The number of para-hydroxylation sites is 1. The van der Waals surface area contributed by atoms with Crippen molar-refractivity contribution < 1.29 is 32.3 Å². The predicted molar refractivity (Wildman–Crippen MR) is 123 cm³/mol. The van der Waals surface area contributed by atoms with Crippen LogP contribution in [0.25, 0.3) is 0 Å². The lowest BCUT2D eigenvalue weighted by Crippen LogP contribution is -2.55. The van der Waals surface area contributed by atoms with Gasteiger partial charge in [-0.2, -0.15) is 13.2 Å². The van der Waals surface area contributed by atoms with Crippen LogP contribution >= 0.6 is 0 Å². The Hall–Kier alpha value is -3.76. The number of anilines is 2. The number of amides is 3. The Morgan fingerprint density at radius 1 is 0.943 bits per heavy atom. The van der Waals surface area contributed by atoms with Gasteiger partial charge in [0.25, 0.3) is 11.8 Å². The third kappa shape index (κ3) is 6.23. The zero-order chi connectivity index (χ0) is 26.0. The topological polar surface area (TPSA) is 99.8 Å². The Balaban J connectivity index is 1.65. The average Bonchev–Trinajstić information content (AvgIpc) is 3.58. The SMILES string of the molecule is CN(C(=O)OC(C)(C)C)C1(C(=O)NNC(=O)c2ccccc2Nc2ccc(C(F)(F)F)cc2)CC1. The van der Waals surface area contributed by atoms with E-state index in [0.717, 1.165) is 12.1 Å².